The van der Waals surface area contributed by atoms with Crippen LogP contribution >= 0.6 is 11.6 Å². The quantitative estimate of drug-likeness (QED) is 0.844. The molecular weight excluding hydrogens is 253 g/mol. The monoisotopic (exact) mass is 265 g/mol. The highest BCUT2D eigenvalue weighted by Gasteiger charge is 2.09. The third kappa shape index (κ3) is 2.93. The number of anilines is 1. The molecule has 0 aliphatic carbocycles. The average Bonchev–Trinajstić information content (AvgIpc) is 2.34. The lowest BCUT2D eigenvalue weighted by Crippen LogP contribution is -2.03. The second-order valence-corrected chi connectivity index (χ2v) is 4.41. The van der Waals surface area contributed by atoms with Crippen molar-refractivity contribution in [3.05, 3.63) is 58.9 Å². The van der Waals surface area contributed by atoms with E-state index in [1.807, 2.05) is 13.0 Å². The summed E-state index contributed by atoms with van der Waals surface area (Å²) >= 11 is 5.82. The third-order valence-corrected chi connectivity index (χ3v) is 2.94. The second-order valence-electron chi connectivity index (χ2n) is 4.00. The fraction of sp³-hybridized carbons (Fsp3) is 0.143. The first-order valence-electron chi connectivity index (χ1n) is 5.53. The lowest BCUT2D eigenvalue weighted by atomic mass is 10.1. The van der Waals surface area contributed by atoms with E-state index in [1.54, 1.807) is 24.3 Å². The van der Waals surface area contributed by atoms with Crippen LogP contribution in [0.1, 0.15) is 18.6 Å². The maximum absolute atomic E-state index is 13.1. The van der Waals surface area contributed by atoms with Crippen LogP contribution < -0.4 is 10.5 Å². The van der Waals surface area contributed by atoms with Crippen molar-refractivity contribution in [1.29, 1.82) is 0 Å². The van der Waals surface area contributed by atoms with Crippen molar-refractivity contribution in [3.63, 3.8) is 0 Å². The molecule has 0 radical (unpaired) electrons. The summed E-state index contributed by atoms with van der Waals surface area (Å²) in [5, 5.41) is 0.487. The van der Waals surface area contributed by atoms with Crippen LogP contribution in [0.4, 0.5) is 10.1 Å². The smallest absolute Gasteiger partial charge is 0.123 e. The molecule has 18 heavy (non-hydrogen) atoms. The predicted molar refractivity (Wildman–Crippen MR) is 71.3 cm³/mol. The highest BCUT2D eigenvalue weighted by molar-refractivity contribution is 6.33. The van der Waals surface area contributed by atoms with Crippen molar-refractivity contribution < 1.29 is 9.13 Å². The van der Waals surface area contributed by atoms with Crippen LogP contribution in [0.2, 0.25) is 5.02 Å². The molecule has 0 aliphatic heterocycles. The molecule has 2 nitrogen and oxygen atoms in total. The van der Waals surface area contributed by atoms with Gasteiger partial charge in [0, 0.05) is 6.07 Å². The number of nitrogen functional groups attached to an aromatic ring is 1. The first-order valence-corrected chi connectivity index (χ1v) is 5.91. The molecule has 0 amide bonds. The van der Waals surface area contributed by atoms with Gasteiger partial charge in [0.15, 0.2) is 0 Å². The maximum Gasteiger partial charge on any atom is 0.123 e. The molecule has 1 unspecified atom stereocenters. The molecule has 94 valence electrons. The lowest BCUT2D eigenvalue weighted by Gasteiger charge is -2.15. The maximum atomic E-state index is 13.1. The van der Waals surface area contributed by atoms with Crippen LogP contribution in [-0.2, 0) is 0 Å². The summed E-state index contributed by atoms with van der Waals surface area (Å²) in [5.41, 5.74) is 6.91. The molecule has 0 fully saturated rings. The number of hydrogen-bond acceptors (Lipinski definition) is 2. The molecule has 0 bridgehead atoms. The van der Waals surface area contributed by atoms with Gasteiger partial charge in [0.2, 0.25) is 0 Å². The largest absolute Gasteiger partial charge is 0.486 e. The zero-order chi connectivity index (χ0) is 13.1. The molecule has 1 atom stereocenters. The van der Waals surface area contributed by atoms with Gasteiger partial charge < -0.3 is 10.5 Å². The minimum absolute atomic E-state index is 0.263. The minimum Gasteiger partial charge on any atom is -0.486 e. The van der Waals surface area contributed by atoms with Gasteiger partial charge in [-0.25, -0.2) is 4.39 Å². The van der Waals surface area contributed by atoms with Crippen molar-refractivity contribution in [2.75, 3.05) is 5.73 Å². The Morgan fingerprint density at radius 1 is 1.22 bits per heavy atom. The number of ether oxygens (including phenoxy) is 1. The minimum atomic E-state index is -0.279. The topological polar surface area (TPSA) is 35.2 Å². The number of benzene rings is 2. The standard InChI is InChI=1S/C14H13ClFNO/c1-9(10-3-2-4-11(16)7-10)18-12-5-6-13(15)14(17)8-12/h2-9H,17H2,1H3. The molecule has 0 saturated heterocycles. The van der Waals surface area contributed by atoms with E-state index >= 15 is 0 Å². The van der Waals surface area contributed by atoms with Crippen molar-refractivity contribution in [1.82, 2.24) is 0 Å². The van der Waals surface area contributed by atoms with Crippen LogP contribution in [0.15, 0.2) is 42.5 Å². The third-order valence-electron chi connectivity index (χ3n) is 2.60. The van der Waals surface area contributed by atoms with Crippen molar-refractivity contribution in [3.8, 4) is 5.75 Å². The molecule has 2 rings (SSSR count). The van der Waals surface area contributed by atoms with Gasteiger partial charge in [-0.2, -0.15) is 0 Å². The predicted octanol–water partition coefficient (Wildman–Crippen LogP) is 4.20. The summed E-state index contributed by atoms with van der Waals surface area (Å²) in [6.07, 6.45) is -0.263. The van der Waals surface area contributed by atoms with Crippen LogP contribution in [0.3, 0.4) is 0 Å². The Morgan fingerprint density at radius 2 is 2.00 bits per heavy atom. The molecule has 0 saturated carbocycles. The molecule has 2 N–H and O–H groups in total. The Bertz CT molecular complexity index is 559. The lowest BCUT2D eigenvalue weighted by molar-refractivity contribution is 0.226. The Kier molecular flexibility index (Phi) is 3.72. The molecule has 4 heteroatoms. The van der Waals surface area contributed by atoms with Gasteiger partial charge in [0.1, 0.15) is 17.7 Å². The van der Waals surface area contributed by atoms with E-state index in [9.17, 15) is 4.39 Å². The zero-order valence-electron chi connectivity index (χ0n) is 9.86. The first kappa shape index (κ1) is 12.7. The fourth-order valence-electron chi connectivity index (χ4n) is 1.63. The van der Waals surface area contributed by atoms with E-state index in [0.29, 0.717) is 16.5 Å². The fourth-order valence-corrected chi connectivity index (χ4v) is 1.74. The molecular formula is C14H13ClFNO. The Labute approximate surface area is 110 Å². The van der Waals surface area contributed by atoms with E-state index in [4.69, 9.17) is 22.1 Å². The van der Waals surface area contributed by atoms with Gasteiger partial charge >= 0.3 is 0 Å². The van der Waals surface area contributed by atoms with Crippen LogP contribution in [0.25, 0.3) is 0 Å². The summed E-state index contributed by atoms with van der Waals surface area (Å²) in [7, 11) is 0. The van der Waals surface area contributed by atoms with E-state index in [-0.39, 0.29) is 11.9 Å². The molecule has 2 aromatic carbocycles. The van der Waals surface area contributed by atoms with Gasteiger partial charge in [-0.1, -0.05) is 23.7 Å². The van der Waals surface area contributed by atoms with E-state index in [0.717, 1.165) is 5.56 Å². The van der Waals surface area contributed by atoms with Gasteiger partial charge in [-0.3, -0.25) is 0 Å². The second kappa shape index (κ2) is 5.27. The van der Waals surface area contributed by atoms with Crippen LogP contribution in [-0.4, -0.2) is 0 Å². The number of hydrogen-bond donors (Lipinski definition) is 1. The van der Waals surface area contributed by atoms with Crippen LogP contribution in [0, 0.1) is 5.82 Å². The molecule has 0 spiro atoms. The Hall–Kier alpha value is -1.74. The summed E-state index contributed by atoms with van der Waals surface area (Å²) in [6, 6.07) is 11.4. The highest BCUT2D eigenvalue weighted by Crippen LogP contribution is 2.27. The summed E-state index contributed by atoms with van der Waals surface area (Å²) < 4.78 is 18.8. The summed E-state index contributed by atoms with van der Waals surface area (Å²) in [6.45, 7) is 1.85. The molecule has 0 aromatic heterocycles. The Balaban J connectivity index is 2.16. The molecule has 0 heterocycles. The van der Waals surface area contributed by atoms with Crippen molar-refractivity contribution in [2.45, 2.75) is 13.0 Å². The van der Waals surface area contributed by atoms with Gasteiger partial charge in [0.05, 0.1) is 10.7 Å². The van der Waals surface area contributed by atoms with Gasteiger partial charge in [-0.05, 0) is 36.8 Å². The Morgan fingerprint density at radius 3 is 2.67 bits per heavy atom. The van der Waals surface area contributed by atoms with Crippen LogP contribution in [0.5, 0.6) is 5.75 Å². The highest BCUT2D eigenvalue weighted by atomic mass is 35.5. The zero-order valence-corrected chi connectivity index (χ0v) is 10.6. The normalized spacial score (nSPS) is 12.2. The van der Waals surface area contributed by atoms with Crippen molar-refractivity contribution >= 4 is 17.3 Å². The summed E-state index contributed by atoms with van der Waals surface area (Å²) in [5.74, 6) is 0.326. The number of nitrogens with two attached hydrogens (primary N) is 1. The van der Waals surface area contributed by atoms with Crippen molar-refractivity contribution in [2.24, 2.45) is 0 Å². The van der Waals surface area contributed by atoms with Gasteiger partial charge in [-0.15, -0.1) is 0 Å². The van der Waals surface area contributed by atoms with E-state index in [2.05, 4.69) is 0 Å². The van der Waals surface area contributed by atoms with E-state index < -0.39 is 0 Å². The van der Waals surface area contributed by atoms with E-state index in [1.165, 1.54) is 12.1 Å². The SMILES string of the molecule is CC(Oc1ccc(Cl)c(N)c1)c1cccc(F)c1. The number of halogens is 2. The molecule has 0 aliphatic rings. The number of rotatable bonds is 3. The average molecular weight is 266 g/mol. The van der Waals surface area contributed by atoms with Gasteiger partial charge in [0.25, 0.3) is 0 Å². The molecule has 2 aromatic rings. The summed E-state index contributed by atoms with van der Waals surface area (Å²) in [4.78, 5) is 0. The first-order chi connectivity index (χ1) is 8.56.